The number of imide groups is 1. The predicted octanol–water partition coefficient (Wildman–Crippen LogP) is 4.34. The van der Waals surface area contributed by atoms with Crippen LogP contribution in [0.5, 0.6) is 0 Å². The molecule has 3 aliphatic rings. The van der Waals surface area contributed by atoms with Gasteiger partial charge in [-0.2, -0.15) is 0 Å². The van der Waals surface area contributed by atoms with Gasteiger partial charge in [0.15, 0.2) is 0 Å². The number of carbonyl (C=O) groups is 4. The molecule has 1 unspecified atom stereocenters. The molecule has 3 fully saturated rings. The summed E-state index contributed by atoms with van der Waals surface area (Å²) in [4.78, 5) is 55.4. The predicted molar refractivity (Wildman–Crippen MR) is 128 cm³/mol. The molecule has 4 rings (SSSR count). The summed E-state index contributed by atoms with van der Waals surface area (Å²) in [6, 6.07) is 5.43. The van der Waals surface area contributed by atoms with Crippen molar-refractivity contribution in [2.75, 3.05) is 12.0 Å². The average molecular weight is 469 g/mol. The summed E-state index contributed by atoms with van der Waals surface area (Å²) in [7, 11) is 1.30. The number of hydrogen-bond acceptors (Lipinski definition) is 5. The number of amides is 3. The van der Waals surface area contributed by atoms with Gasteiger partial charge in [-0.25, -0.2) is 9.69 Å². The van der Waals surface area contributed by atoms with Crippen LogP contribution in [-0.2, 0) is 19.1 Å². The Balaban J connectivity index is 1.64. The van der Waals surface area contributed by atoms with Crippen molar-refractivity contribution < 1.29 is 23.9 Å². The molecule has 1 saturated heterocycles. The fraction of sp³-hybridized carbons (Fsp3) is 0.630. The maximum absolute atomic E-state index is 14.0. The highest BCUT2D eigenvalue weighted by Gasteiger charge is 2.69. The molecule has 0 N–H and O–H groups in total. The van der Waals surface area contributed by atoms with Gasteiger partial charge in [-0.05, 0) is 47.9 Å². The highest BCUT2D eigenvalue weighted by molar-refractivity contribution is 6.23. The van der Waals surface area contributed by atoms with E-state index in [1.165, 1.54) is 12.0 Å². The lowest BCUT2D eigenvalue weighted by Crippen LogP contribution is -2.52. The molecule has 1 aliphatic heterocycles. The molecule has 1 heterocycles. The highest BCUT2D eigenvalue weighted by Crippen LogP contribution is 2.69. The molecule has 7 heteroatoms. The Morgan fingerprint density at radius 1 is 0.941 bits per heavy atom. The first-order valence-electron chi connectivity index (χ1n) is 12.4. The summed E-state index contributed by atoms with van der Waals surface area (Å²) in [5, 5.41) is 0. The first kappa shape index (κ1) is 24.4. The Bertz CT molecular complexity index is 975. The van der Waals surface area contributed by atoms with Crippen LogP contribution in [0.2, 0.25) is 0 Å². The van der Waals surface area contributed by atoms with E-state index in [1.807, 2.05) is 0 Å². The second kappa shape index (κ2) is 8.82. The van der Waals surface area contributed by atoms with Crippen LogP contribution in [-0.4, -0.2) is 47.8 Å². The van der Waals surface area contributed by atoms with Crippen molar-refractivity contribution in [1.82, 2.24) is 4.90 Å². The topological polar surface area (TPSA) is 84.0 Å². The lowest BCUT2D eigenvalue weighted by molar-refractivity contribution is -0.143. The Morgan fingerprint density at radius 2 is 1.50 bits per heavy atom. The van der Waals surface area contributed by atoms with Crippen molar-refractivity contribution in [2.45, 2.75) is 84.7 Å². The van der Waals surface area contributed by atoms with Crippen LogP contribution >= 0.6 is 0 Å². The molecule has 7 nitrogen and oxygen atoms in total. The van der Waals surface area contributed by atoms with Gasteiger partial charge in [0.25, 0.3) is 5.91 Å². The fourth-order valence-corrected chi connectivity index (χ4v) is 6.06. The van der Waals surface area contributed by atoms with Crippen molar-refractivity contribution in [1.29, 1.82) is 0 Å². The normalized spacial score (nSPS) is 24.6. The number of carbonyl (C=O) groups excluding carboxylic acids is 4. The smallest absolute Gasteiger partial charge is 0.337 e. The Labute approximate surface area is 201 Å². The minimum atomic E-state index is -0.782. The summed E-state index contributed by atoms with van der Waals surface area (Å²) in [5.41, 5.74) is 0.449. The number of nitrogens with zero attached hydrogens (tertiary/aromatic N) is 2. The van der Waals surface area contributed by atoms with Gasteiger partial charge in [0.1, 0.15) is 6.04 Å². The van der Waals surface area contributed by atoms with Crippen LogP contribution in [0.3, 0.4) is 0 Å². The molecule has 0 aromatic heterocycles. The van der Waals surface area contributed by atoms with Gasteiger partial charge in [0, 0.05) is 12.0 Å². The second-order valence-electron chi connectivity index (χ2n) is 11.1. The van der Waals surface area contributed by atoms with Gasteiger partial charge in [-0.3, -0.25) is 14.4 Å². The molecular weight excluding hydrogens is 432 g/mol. The molecule has 34 heavy (non-hydrogen) atoms. The summed E-state index contributed by atoms with van der Waals surface area (Å²) in [6.45, 7) is 8.44. The van der Waals surface area contributed by atoms with Crippen LogP contribution in [0.25, 0.3) is 0 Å². The summed E-state index contributed by atoms with van der Waals surface area (Å²) >= 11 is 0. The van der Waals surface area contributed by atoms with Gasteiger partial charge in [-0.1, -0.05) is 53.4 Å². The maximum Gasteiger partial charge on any atom is 0.337 e. The maximum atomic E-state index is 14.0. The first-order chi connectivity index (χ1) is 16.0. The summed E-state index contributed by atoms with van der Waals surface area (Å²) in [5.74, 6) is -1.31. The van der Waals surface area contributed by atoms with Crippen molar-refractivity contribution in [3.8, 4) is 0 Å². The highest BCUT2D eigenvalue weighted by atomic mass is 16.5. The third kappa shape index (κ3) is 3.93. The van der Waals surface area contributed by atoms with Gasteiger partial charge < -0.3 is 9.64 Å². The van der Waals surface area contributed by atoms with Crippen molar-refractivity contribution >= 4 is 29.4 Å². The second-order valence-corrected chi connectivity index (χ2v) is 11.1. The quantitative estimate of drug-likeness (QED) is 0.365. The standard InChI is InChI=1S/C27H36N2O5/c1-26(2)22(27(26,3)4)24(32)28(18-10-8-6-7-9-11-18)20-16-21(30)29(23(20)31)19-14-12-17(13-15-19)25(33)34-5/h12-15,18,20,22H,6-11,16H2,1-5H3. The van der Waals surface area contributed by atoms with Crippen LogP contribution in [0, 0.1) is 16.7 Å². The van der Waals surface area contributed by atoms with E-state index >= 15 is 0 Å². The molecule has 184 valence electrons. The number of esters is 1. The van der Waals surface area contributed by atoms with Gasteiger partial charge in [0.2, 0.25) is 11.8 Å². The van der Waals surface area contributed by atoms with E-state index in [-0.39, 0.29) is 46.9 Å². The Hall–Kier alpha value is -2.70. The molecule has 0 spiro atoms. The number of ether oxygens (including phenoxy) is 1. The number of hydrogen-bond donors (Lipinski definition) is 0. The van der Waals surface area contributed by atoms with E-state index in [4.69, 9.17) is 4.74 Å². The molecule has 1 atom stereocenters. The van der Waals surface area contributed by atoms with E-state index < -0.39 is 12.0 Å². The molecule has 0 bridgehead atoms. The van der Waals surface area contributed by atoms with E-state index in [0.29, 0.717) is 11.3 Å². The fourth-order valence-electron chi connectivity index (χ4n) is 6.06. The molecule has 0 radical (unpaired) electrons. The number of anilines is 1. The van der Waals surface area contributed by atoms with Gasteiger partial charge in [-0.15, -0.1) is 0 Å². The largest absolute Gasteiger partial charge is 0.465 e. The lowest BCUT2D eigenvalue weighted by Gasteiger charge is -2.36. The molecule has 2 aliphatic carbocycles. The summed E-state index contributed by atoms with van der Waals surface area (Å²) in [6.07, 6.45) is 6.05. The molecule has 1 aromatic rings. The molecule has 3 amide bonds. The van der Waals surface area contributed by atoms with Crippen LogP contribution < -0.4 is 4.90 Å². The Kier molecular flexibility index (Phi) is 6.34. The zero-order valence-electron chi connectivity index (χ0n) is 20.9. The third-order valence-corrected chi connectivity index (χ3v) is 8.75. The minimum Gasteiger partial charge on any atom is -0.465 e. The van der Waals surface area contributed by atoms with Crippen LogP contribution in [0.1, 0.15) is 83.0 Å². The number of benzene rings is 1. The lowest BCUT2D eigenvalue weighted by atomic mass is 10.0. The zero-order chi connectivity index (χ0) is 24.8. The molecule has 1 aromatic carbocycles. The average Bonchev–Trinajstić information content (AvgIpc) is 3.22. The minimum absolute atomic E-state index is 0.00654. The van der Waals surface area contributed by atoms with Crippen LogP contribution in [0.15, 0.2) is 24.3 Å². The van der Waals surface area contributed by atoms with Crippen LogP contribution in [0.4, 0.5) is 5.69 Å². The van der Waals surface area contributed by atoms with Gasteiger partial charge >= 0.3 is 5.97 Å². The van der Waals surface area contributed by atoms with Crippen molar-refractivity contribution in [3.05, 3.63) is 29.8 Å². The Morgan fingerprint density at radius 3 is 2.00 bits per heavy atom. The van der Waals surface area contributed by atoms with E-state index in [2.05, 4.69) is 27.7 Å². The monoisotopic (exact) mass is 468 g/mol. The zero-order valence-corrected chi connectivity index (χ0v) is 20.9. The van der Waals surface area contributed by atoms with E-state index in [0.717, 1.165) is 38.5 Å². The first-order valence-corrected chi connectivity index (χ1v) is 12.4. The van der Waals surface area contributed by atoms with E-state index in [9.17, 15) is 19.2 Å². The van der Waals surface area contributed by atoms with Crippen molar-refractivity contribution in [2.24, 2.45) is 16.7 Å². The molecule has 2 saturated carbocycles. The molecular formula is C27H36N2O5. The van der Waals surface area contributed by atoms with E-state index in [1.54, 1.807) is 29.2 Å². The van der Waals surface area contributed by atoms with Crippen molar-refractivity contribution in [3.63, 3.8) is 0 Å². The number of methoxy groups -OCH3 is 1. The SMILES string of the molecule is COC(=O)c1ccc(N2C(=O)CC(N(C(=O)C3C(C)(C)C3(C)C)C3CCCCCC3)C2=O)cc1. The van der Waals surface area contributed by atoms with Gasteiger partial charge in [0.05, 0.1) is 24.8 Å². The number of rotatable bonds is 5. The summed E-state index contributed by atoms with van der Waals surface area (Å²) < 4.78 is 4.73. The third-order valence-electron chi connectivity index (χ3n) is 8.75.